The van der Waals surface area contributed by atoms with Crippen molar-refractivity contribution >= 4 is 5.70 Å². The first-order valence-electron chi connectivity index (χ1n) is 10.8. The Morgan fingerprint density at radius 1 is 0.900 bits per heavy atom. The van der Waals surface area contributed by atoms with Gasteiger partial charge in [-0.15, -0.1) is 0 Å². The van der Waals surface area contributed by atoms with E-state index in [1.807, 2.05) is 0 Å². The van der Waals surface area contributed by atoms with Gasteiger partial charge in [-0.05, 0) is 48.4 Å². The summed E-state index contributed by atoms with van der Waals surface area (Å²) in [5, 5.41) is 3.69. The van der Waals surface area contributed by atoms with Crippen molar-refractivity contribution in [2.45, 2.75) is 26.2 Å². The second-order valence-corrected chi connectivity index (χ2v) is 7.90. The van der Waals surface area contributed by atoms with Crippen molar-refractivity contribution in [2.75, 3.05) is 6.54 Å². The third-order valence-electron chi connectivity index (χ3n) is 5.54. The molecule has 0 aliphatic heterocycles. The maximum atomic E-state index is 3.69. The molecule has 1 nitrogen and oxygen atoms in total. The Morgan fingerprint density at radius 2 is 1.73 bits per heavy atom. The smallest absolute Gasteiger partial charge is 0.0379 e. The average Bonchev–Trinajstić information content (AvgIpc) is 2.81. The predicted octanol–water partition coefficient (Wildman–Crippen LogP) is 7.11. The maximum absolute atomic E-state index is 3.69. The summed E-state index contributed by atoms with van der Waals surface area (Å²) in [6, 6.07) is 28.3. The van der Waals surface area contributed by atoms with Crippen molar-refractivity contribution in [1.82, 2.24) is 5.32 Å². The van der Waals surface area contributed by atoms with E-state index in [2.05, 4.69) is 115 Å². The fraction of sp³-hybridized carbons (Fsp3) is 0.172. The van der Waals surface area contributed by atoms with Gasteiger partial charge in [0, 0.05) is 12.2 Å². The summed E-state index contributed by atoms with van der Waals surface area (Å²) in [5.74, 6) is 0. The molecule has 0 spiro atoms. The molecule has 4 rings (SSSR count). The van der Waals surface area contributed by atoms with E-state index in [9.17, 15) is 0 Å². The molecule has 150 valence electrons. The van der Waals surface area contributed by atoms with Crippen LogP contribution in [0.25, 0.3) is 16.8 Å². The van der Waals surface area contributed by atoms with Crippen LogP contribution < -0.4 is 5.32 Å². The van der Waals surface area contributed by atoms with Crippen LogP contribution in [-0.2, 0) is 6.42 Å². The van der Waals surface area contributed by atoms with Gasteiger partial charge in [-0.1, -0.05) is 114 Å². The Balaban J connectivity index is 1.53. The molecule has 0 saturated heterocycles. The van der Waals surface area contributed by atoms with Gasteiger partial charge in [0.25, 0.3) is 0 Å². The van der Waals surface area contributed by atoms with Gasteiger partial charge >= 0.3 is 0 Å². The first-order valence-corrected chi connectivity index (χ1v) is 10.8. The molecule has 0 atom stereocenters. The predicted molar refractivity (Wildman–Crippen MR) is 129 cm³/mol. The SMILES string of the molecule is Cc1ccc(-c2cccc(C/C=C(\NCC3=CC=CCC3)c3ccccc3)c2)cc1. The first kappa shape index (κ1) is 20.0. The number of nitrogens with one attached hydrogen (secondary N) is 1. The highest BCUT2D eigenvalue weighted by atomic mass is 14.9. The number of benzene rings is 3. The van der Waals surface area contributed by atoms with Gasteiger partial charge in [0.15, 0.2) is 0 Å². The third kappa shape index (κ3) is 5.39. The van der Waals surface area contributed by atoms with Crippen molar-refractivity contribution < 1.29 is 0 Å². The van der Waals surface area contributed by atoms with Crippen LogP contribution in [0.2, 0.25) is 0 Å². The van der Waals surface area contributed by atoms with Gasteiger partial charge in [-0.2, -0.15) is 0 Å². The summed E-state index contributed by atoms with van der Waals surface area (Å²) in [7, 11) is 0. The molecule has 3 aromatic rings. The standard InChI is InChI=1S/C29H29N/c1-23-15-18-26(19-16-23)28-14-8-11-24(21-28)17-20-29(27-12-6-3-7-13-27)30-22-25-9-4-2-5-10-25/h2-4,6-9,11-16,18-21,30H,5,10,17,22H2,1H3/b29-20-. The monoisotopic (exact) mass is 391 g/mol. The quantitative estimate of drug-likeness (QED) is 0.452. The van der Waals surface area contributed by atoms with Crippen LogP contribution in [-0.4, -0.2) is 6.54 Å². The third-order valence-corrected chi connectivity index (χ3v) is 5.54. The molecule has 0 heterocycles. The zero-order valence-electron chi connectivity index (χ0n) is 17.6. The highest BCUT2D eigenvalue weighted by Crippen LogP contribution is 2.22. The molecule has 0 unspecified atom stereocenters. The molecule has 30 heavy (non-hydrogen) atoms. The molecule has 0 aromatic heterocycles. The molecule has 3 aromatic carbocycles. The van der Waals surface area contributed by atoms with E-state index in [0.717, 1.165) is 25.8 Å². The molecule has 0 bridgehead atoms. The second kappa shape index (κ2) is 9.93. The molecule has 0 amide bonds. The molecule has 0 fully saturated rings. The molecule has 1 N–H and O–H groups in total. The van der Waals surface area contributed by atoms with Crippen molar-refractivity contribution in [3.63, 3.8) is 0 Å². The van der Waals surface area contributed by atoms with Gasteiger partial charge in [0.05, 0.1) is 0 Å². The van der Waals surface area contributed by atoms with Crippen molar-refractivity contribution in [3.05, 3.63) is 125 Å². The lowest BCUT2D eigenvalue weighted by Crippen LogP contribution is -2.16. The van der Waals surface area contributed by atoms with Crippen LogP contribution in [0.5, 0.6) is 0 Å². The van der Waals surface area contributed by atoms with E-state index in [-0.39, 0.29) is 0 Å². The second-order valence-electron chi connectivity index (χ2n) is 7.90. The van der Waals surface area contributed by atoms with E-state index in [4.69, 9.17) is 0 Å². The Kier molecular flexibility index (Phi) is 6.61. The van der Waals surface area contributed by atoms with Crippen LogP contribution in [0.1, 0.15) is 29.5 Å². The van der Waals surface area contributed by atoms with E-state index < -0.39 is 0 Å². The average molecular weight is 392 g/mol. The summed E-state index contributed by atoms with van der Waals surface area (Å²) in [6.45, 7) is 3.03. The van der Waals surface area contributed by atoms with Gasteiger partial charge < -0.3 is 5.32 Å². The lowest BCUT2D eigenvalue weighted by Gasteiger charge is -2.15. The first-order chi connectivity index (χ1) is 14.8. The van der Waals surface area contributed by atoms with Crippen LogP contribution in [0, 0.1) is 6.92 Å². The Labute approximate surface area is 180 Å². The lowest BCUT2D eigenvalue weighted by molar-refractivity contribution is 0.854. The zero-order valence-corrected chi connectivity index (χ0v) is 17.6. The van der Waals surface area contributed by atoms with Crippen molar-refractivity contribution in [3.8, 4) is 11.1 Å². The Bertz CT molecular complexity index is 1050. The minimum Gasteiger partial charge on any atom is -0.381 e. The topological polar surface area (TPSA) is 12.0 Å². The number of hydrogen-bond donors (Lipinski definition) is 1. The van der Waals surface area contributed by atoms with Gasteiger partial charge in [0.2, 0.25) is 0 Å². The molecule has 0 radical (unpaired) electrons. The summed E-state index contributed by atoms with van der Waals surface area (Å²) in [6.07, 6.45) is 12.2. The van der Waals surface area contributed by atoms with Crippen LogP contribution in [0.3, 0.4) is 0 Å². The van der Waals surface area contributed by atoms with Crippen LogP contribution in [0.15, 0.2) is 109 Å². The van der Waals surface area contributed by atoms with E-state index in [0.29, 0.717) is 0 Å². The summed E-state index contributed by atoms with van der Waals surface area (Å²) in [4.78, 5) is 0. The lowest BCUT2D eigenvalue weighted by atomic mass is 10.00. The van der Waals surface area contributed by atoms with E-state index in [1.165, 1.54) is 39.1 Å². The van der Waals surface area contributed by atoms with Crippen LogP contribution in [0.4, 0.5) is 0 Å². The molecular weight excluding hydrogens is 362 g/mol. The summed E-state index contributed by atoms with van der Waals surface area (Å²) < 4.78 is 0. The van der Waals surface area contributed by atoms with E-state index >= 15 is 0 Å². The maximum Gasteiger partial charge on any atom is 0.0379 e. The zero-order chi connectivity index (χ0) is 20.6. The minimum absolute atomic E-state index is 0.897. The number of allylic oxidation sites excluding steroid dienone is 4. The Morgan fingerprint density at radius 3 is 2.50 bits per heavy atom. The molecule has 1 aliphatic carbocycles. The molecule has 1 aliphatic rings. The number of aryl methyl sites for hydroxylation is 1. The fourth-order valence-corrected chi connectivity index (χ4v) is 3.76. The molecule has 1 heteroatoms. The minimum atomic E-state index is 0.897. The molecular formula is C29H29N. The van der Waals surface area contributed by atoms with Crippen LogP contribution >= 0.6 is 0 Å². The normalized spacial score (nSPS) is 13.8. The number of hydrogen-bond acceptors (Lipinski definition) is 1. The van der Waals surface area contributed by atoms with Crippen molar-refractivity contribution in [2.24, 2.45) is 0 Å². The van der Waals surface area contributed by atoms with Gasteiger partial charge in [-0.25, -0.2) is 0 Å². The van der Waals surface area contributed by atoms with Gasteiger partial charge in [0.1, 0.15) is 0 Å². The highest BCUT2D eigenvalue weighted by Gasteiger charge is 2.05. The Hall–Kier alpha value is -3.32. The fourth-order valence-electron chi connectivity index (χ4n) is 3.76. The van der Waals surface area contributed by atoms with Gasteiger partial charge in [-0.3, -0.25) is 0 Å². The summed E-state index contributed by atoms with van der Waals surface area (Å²) >= 11 is 0. The summed E-state index contributed by atoms with van der Waals surface area (Å²) in [5.41, 5.74) is 9.05. The molecule has 0 saturated carbocycles. The largest absolute Gasteiger partial charge is 0.381 e. The van der Waals surface area contributed by atoms with Crippen molar-refractivity contribution in [1.29, 1.82) is 0 Å². The van der Waals surface area contributed by atoms with E-state index in [1.54, 1.807) is 0 Å². The number of rotatable bonds is 7. The highest BCUT2D eigenvalue weighted by molar-refractivity contribution is 5.66.